The molecule has 2 unspecified atom stereocenters. The van der Waals surface area contributed by atoms with Gasteiger partial charge in [0.25, 0.3) is 0 Å². The normalized spacial score (nSPS) is 13.5. The number of carboxylic acid groups (broad SMARTS) is 2. The summed E-state index contributed by atoms with van der Waals surface area (Å²) in [6.45, 7) is 5.39. The number of carbonyl (C=O) groups is 2. The molecule has 0 saturated carbocycles. The van der Waals surface area contributed by atoms with E-state index in [1.165, 1.54) is 25.7 Å². The number of carboxylic acids is 2. The Morgan fingerprint density at radius 2 is 1.48 bits per heavy atom. The fourth-order valence-corrected chi connectivity index (χ4v) is 2.75. The van der Waals surface area contributed by atoms with Crippen molar-refractivity contribution in [2.45, 2.75) is 71.1 Å². The van der Waals surface area contributed by atoms with Crippen LogP contribution in [-0.2, 0) is 16.0 Å². The molecule has 2 N–H and O–H groups in total. The second-order valence-electron chi connectivity index (χ2n) is 6.25. The van der Waals surface area contributed by atoms with Crippen molar-refractivity contribution in [1.82, 2.24) is 0 Å². The molecule has 1 aromatic rings. The summed E-state index contributed by atoms with van der Waals surface area (Å²) in [5.41, 5.74) is 2.31. The van der Waals surface area contributed by atoms with Crippen LogP contribution < -0.4 is 0 Å². The lowest BCUT2D eigenvalue weighted by atomic mass is 9.87. The molecule has 1 rings (SSSR count). The molecule has 2 atom stereocenters. The predicted octanol–water partition coefficient (Wildman–Crippen LogP) is 4.58. The Morgan fingerprint density at radius 1 is 0.913 bits per heavy atom. The van der Waals surface area contributed by atoms with Crippen molar-refractivity contribution in [1.29, 1.82) is 0 Å². The summed E-state index contributed by atoms with van der Waals surface area (Å²) in [6, 6.07) is 5.61. The van der Waals surface area contributed by atoms with Gasteiger partial charge in [0.15, 0.2) is 0 Å². The average molecular weight is 320 g/mol. The number of unbranched alkanes of at least 4 members (excludes halogenated alkanes) is 4. The van der Waals surface area contributed by atoms with Gasteiger partial charge in [-0.25, -0.2) is 0 Å². The molecule has 0 bridgehead atoms. The largest absolute Gasteiger partial charge is 0.481 e. The fraction of sp³-hybridized carbons (Fsp3) is 0.579. The van der Waals surface area contributed by atoms with Gasteiger partial charge in [-0.1, -0.05) is 50.8 Å². The van der Waals surface area contributed by atoms with E-state index in [9.17, 15) is 19.8 Å². The van der Waals surface area contributed by atoms with Crippen LogP contribution in [0.2, 0.25) is 0 Å². The van der Waals surface area contributed by atoms with E-state index in [0.717, 1.165) is 18.4 Å². The second kappa shape index (κ2) is 9.33. The quantitative estimate of drug-likeness (QED) is 0.619. The molecule has 1 aromatic carbocycles. The maximum absolute atomic E-state index is 11.3. The van der Waals surface area contributed by atoms with Crippen molar-refractivity contribution in [3.05, 3.63) is 34.9 Å². The highest BCUT2D eigenvalue weighted by Crippen LogP contribution is 2.28. The van der Waals surface area contributed by atoms with E-state index >= 15 is 0 Å². The molecule has 4 heteroatoms. The standard InChI is InChI=1S/C19H28O4/c1-4-5-6-7-8-9-15-10-11-16(13(2)18(20)21)17(12-15)14(3)19(22)23/h10-14H,4-9H2,1-3H3,(H,20,21)(H,22,23). The van der Waals surface area contributed by atoms with Gasteiger partial charge in [-0.3, -0.25) is 9.59 Å². The first-order valence-electron chi connectivity index (χ1n) is 8.46. The van der Waals surface area contributed by atoms with Crippen LogP contribution in [0.25, 0.3) is 0 Å². The summed E-state index contributed by atoms with van der Waals surface area (Å²) in [7, 11) is 0. The third-order valence-electron chi connectivity index (χ3n) is 4.39. The minimum Gasteiger partial charge on any atom is -0.481 e. The van der Waals surface area contributed by atoms with Gasteiger partial charge in [0.2, 0.25) is 0 Å². The number of benzene rings is 1. The van der Waals surface area contributed by atoms with E-state index < -0.39 is 23.8 Å². The van der Waals surface area contributed by atoms with Gasteiger partial charge in [0.1, 0.15) is 0 Å². The zero-order valence-electron chi connectivity index (χ0n) is 14.3. The van der Waals surface area contributed by atoms with Gasteiger partial charge >= 0.3 is 11.9 Å². The Balaban J connectivity index is 2.93. The summed E-state index contributed by atoms with van der Waals surface area (Å²) in [5.74, 6) is -3.27. The van der Waals surface area contributed by atoms with Crippen LogP contribution in [0.4, 0.5) is 0 Å². The molecule has 0 aromatic heterocycles. The van der Waals surface area contributed by atoms with Crippen molar-refractivity contribution < 1.29 is 19.8 Å². The van der Waals surface area contributed by atoms with E-state index in [2.05, 4.69) is 6.92 Å². The second-order valence-corrected chi connectivity index (χ2v) is 6.25. The molecule has 0 heterocycles. The Bertz CT molecular complexity index is 536. The zero-order chi connectivity index (χ0) is 17.4. The van der Waals surface area contributed by atoms with Crippen molar-refractivity contribution >= 4 is 11.9 Å². The number of rotatable bonds is 10. The molecule has 0 aliphatic heterocycles. The monoisotopic (exact) mass is 320 g/mol. The van der Waals surface area contributed by atoms with Crippen LogP contribution in [0.1, 0.15) is 81.4 Å². The van der Waals surface area contributed by atoms with Crippen LogP contribution in [-0.4, -0.2) is 22.2 Å². The van der Waals surface area contributed by atoms with E-state index in [1.807, 2.05) is 12.1 Å². The van der Waals surface area contributed by atoms with Gasteiger partial charge in [0.05, 0.1) is 11.8 Å². The van der Waals surface area contributed by atoms with Gasteiger partial charge in [-0.2, -0.15) is 0 Å². The molecule has 4 nitrogen and oxygen atoms in total. The summed E-state index contributed by atoms with van der Waals surface area (Å²) in [5, 5.41) is 18.5. The first-order valence-corrected chi connectivity index (χ1v) is 8.46. The SMILES string of the molecule is CCCCCCCc1ccc(C(C)C(=O)O)c(C(C)C(=O)O)c1. The topological polar surface area (TPSA) is 74.6 Å². The van der Waals surface area contributed by atoms with Crippen LogP contribution in [0, 0.1) is 0 Å². The molecule has 0 aliphatic rings. The highest BCUT2D eigenvalue weighted by molar-refractivity contribution is 5.80. The zero-order valence-corrected chi connectivity index (χ0v) is 14.3. The summed E-state index contributed by atoms with van der Waals surface area (Å²) >= 11 is 0. The van der Waals surface area contributed by atoms with Crippen molar-refractivity contribution in [2.75, 3.05) is 0 Å². The molecule has 23 heavy (non-hydrogen) atoms. The Hall–Kier alpha value is -1.84. The van der Waals surface area contributed by atoms with Gasteiger partial charge in [-0.15, -0.1) is 0 Å². The van der Waals surface area contributed by atoms with Gasteiger partial charge in [0, 0.05) is 0 Å². The number of hydrogen-bond acceptors (Lipinski definition) is 2. The first kappa shape index (κ1) is 19.2. The lowest BCUT2D eigenvalue weighted by Gasteiger charge is -2.18. The van der Waals surface area contributed by atoms with Crippen molar-refractivity contribution in [3.63, 3.8) is 0 Å². The molecular formula is C19H28O4. The summed E-state index contributed by atoms with van der Waals surface area (Å²) in [6.07, 6.45) is 6.84. The Labute approximate surface area is 138 Å². The lowest BCUT2D eigenvalue weighted by molar-refractivity contribution is -0.140. The van der Waals surface area contributed by atoms with E-state index in [-0.39, 0.29) is 0 Å². The van der Waals surface area contributed by atoms with Gasteiger partial charge in [-0.05, 0) is 43.4 Å². The average Bonchev–Trinajstić information content (AvgIpc) is 2.52. The fourth-order valence-electron chi connectivity index (χ4n) is 2.75. The number of aliphatic carboxylic acids is 2. The smallest absolute Gasteiger partial charge is 0.310 e. The van der Waals surface area contributed by atoms with E-state index in [4.69, 9.17) is 0 Å². The Morgan fingerprint density at radius 3 is 2.04 bits per heavy atom. The summed E-state index contributed by atoms with van der Waals surface area (Å²) < 4.78 is 0. The molecule has 0 aliphatic carbocycles. The van der Waals surface area contributed by atoms with E-state index in [0.29, 0.717) is 11.1 Å². The molecule has 0 fully saturated rings. The minimum atomic E-state index is -0.934. The van der Waals surface area contributed by atoms with Gasteiger partial charge < -0.3 is 10.2 Å². The predicted molar refractivity (Wildman–Crippen MR) is 91.0 cm³/mol. The minimum absolute atomic E-state index is 0.599. The van der Waals surface area contributed by atoms with E-state index in [1.54, 1.807) is 19.9 Å². The molecule has 0 amide bonds. The number of hydrogen-bond donors (Lipinski definition) is 2. The van der Waals surface area contributed by atoms with Crippen LogP contribution in [0.5, 0.6) is 0 Å². The maximum Gasteiger partial charge on any atom is 0.310 e. The van der Waals surface area contributed by atoms with Crippen LogP contribution in [0.15, 0.2) is 18.2 Å². The van der Waals surface area contributed by atoms with Crippen LogP contribution in [0.3, 0.4) is 0 Å². The number of aryl methyl sites for hydroxylation is 1. The molecule has 0 radical (unpaired) electrons. The Kier molecular flexibility index (Phi) is 7.79. The summed E-state index contributed by atoms with van der Waals surface area (Å²) in [4.78, 5) is 22.6. The highest BCUT2D eigenvalue weighted by Gasteiger charge is 2.24. The molecule has 0 spiro atoms. The third kappa shape index (κ3) is 5.70. The molecular weight excluding hydrogens is 292 g/mol. The van der Waals surface area contributed by atoms with Crippen molar-refractivity contribution in [3.8, 4) is 0 Å². The highest BCUT2D eigenvalue weighted by atomic mass is 16.4. The lowest BCUT2D eigenvalue weighted by Crippen LogP contribution is -2.15. The third-order valence-corrected chi connectivity index (χ3v) is 4.39. The first-order chi connectivity index (χ1) is 10.9. The van der Waals surface area contributed by atoms with Crippen LogP contribution >= 0.6 is 0 Å². The van der Waals surface area contributed by atoms with Crippen molar-refractivity contribution in [2.24, 2.45) is 0 Å². The maximum atomic E-state index is 11.3. The molecule has 0 saturated heterocycles. The molecule has 128 valence electrons.